The maximum absolute atomic E-state index is 11.7. The minimum Gasteiger partial charge on any atom is -0.262 e. The second-order valence-electron chi connectivity index (χ2n) is 1.95. The molecule has 0 aliphatic heterocycles. The van der Waals surface area contributed by atoms with E-state index in [-0.39, 0.29) is 5.69 Å². The number of halogens is 2. The van der Waals surface area contributed by atoms with Gasteiger partial charge in [0.25, 0.3) is 0 Å². The lowest BCUT2D eigenvalue weighted by molar-refractivity contribution is 0.235. The van der Waals surface area contributed by atoms with Crippen LogP contribution in [0.3, 0.4) is 0 Å². The molecule has 0 N–H and O–H groups in total. The van der Waals surface area contributed by atoms with Crippen LogP contribution in [0.2, 0.25) is 0 Å². The third-order valence-electron chi connectivity index (χ3n) is 1.06. The first-order valence-electron chi connectivity index (χ1n) is 2.73. The van der Waals surface area contributed by atoms with Gasteiger partial charge in [-0.25, -0.2) is 0 Å². The van der Waals surface area contributed by atoms with E-state index < -0.39 is 5.34 Å². The van der Waals surface area contributed by atoms with Gasteiger partial charge in [-0.05, 0) is 23.9 Å². The number of hydrogen-bond donors (Lipinski definition) is 0. The third-order valence-corrected chi connectivity index (χ3v) is 1.06. The van der Waals surface area contributed by atoms with Crippen LogP contribution >= 0.6 is 0 Å². The van der Waals surface area contributed by atoms with Gasteiger partial charge in [-0.1, -0.05) is 8.96 Å². The van der Waals surface area contributed by atoms with Crippen molar-refractivity contribution in [2.75, 3.05) is 5.34 Å². The lowest BCUT2D eigenvalue weighted by Crippen LogP contribution is -1.96. The highest BCUT2D eigenvalue weighted by atomic mass is 19.4. The standard InChI is InChI=1S/C6H6F2N2/c1-5-2-6(10(7)8)4-9-3-5/h2-4H,1H3. The third kappa shape index (κ3) is 1.40. The Kier molecular flexibility index (Phi) is 1.80. The molecule has 1 aromatic rings. The van der Waals surface area contributed by atoms with Gasteiger partial charge in [0.15, 0.2) is 0 Å². The molecule has 0 saturated heterocycles. The van der Waals surface area contributed by atoms with E-state index in [1.165, 1.54) is 12.3 Å². The smallest absolute Gasteiger partial charge is 0.124 e. The van der Waals surface area contributed by atoms with Gasteiger partial charge in [-0.15, -0.1) is 0 Å². The highest BCUT2D eigenvalue weighted by molar-refractivity contribution is 5.40. The molecule has 1 aromatic heterocycles. The fraction of sp³-hybridized carbons (Fsp3) is 0.167. The summed E-state index contributed by atoms with van der Waals surface area (Å²) in [4.78, 5) is 3.58. The Balaban J connectivity index is 2.96. The predicted octanol–water partition coefficient (Wildman–Crippen LogP) is 1.97. The summed E-state index contributed by atoms with van der Waals surface area (Å²) < 4.78 is 23.5. The number of pyridine rings is 1. The fourth-order valence-electron chi connectivity index (χ4n) is 0.631. The Morgan fingerprint density at radius 2 is 2.10 bits per heavy atom. The second kappa shape index (κ2) is 2.60. The minimum absolute atomic E-state index is 0.181. The summed E-state index contributed by atoms with van der Waals surface area (Å²) >= 11 is 0. The summed E-state index contributed by atoms with van der Waals surface area (Å²) in [6, 6.07) is 1.35. The van der Waals surface area contributed by atoms with E-state index in [9.17, 15) is 8.96 Å². The maximum atomic E-state index is 11.7. The van der Waals surface area contributed by atoms with E-state index in [0.717, 1.165) is 11.8 Å². The Labute approximate surface area is 57.0 Å². The molecular formula is C6H6F2N2. The molecule has 0 aliphatic rings. The van der Waals surface area contributed by atoms with Crippen LogP contribution in [-0.2, 0) is 0 Å². The second-order valence-corrected chi connectivity index (χ2v) is 1.95. The van der Waals surface area contributed by atoms with Crippen molar-refractivity contribution in [2.24, 2.45) is 0 Å². The molecule has 4 heteroatoms. The van der Waals surface area contributed by atoms with Crippen LogP contribution in [0.5, 0.6) is 0 Å². The summed E-state index contributed by atoms with van der Waals surface area (Å²) in [5.74, 6) is 0. The Hall–Kier alpha value is -1.19. The van der Waals surface area contributed by atoms with Crippen molar-refractivity contribution >= 4 is 5.69 Å². The zero-order valence-electron chi connectivity index (χ0n) is 5.38. The van der Waals surface area contributed by atoms with Gasteiger partial charge in [0, 0.05) is 6.20 Å². The lowest BCUT2D eigenvalue weighted by Gasteiger charge is -2.00. The largest absolute Gasteiger partial charge is 0.262 e. The molecule has 10 heavy (non-hydrogen) atoms. The summed E-state index contributed by atoms with van der Waals surface area (Å²) in [7, 11) is 0. The van der Waals surface area contributed by atoms with Crippen molar-refractivity contribution in [1.29, 1.82) is 0 Å². The molecule has 2 nitrogen and oxygen atoms in total. The van der Waals surface area contributed by atoms with Crippen molar-refractivity contribution in [2.45, 2.75) is 6.92 Å². The molecule has 0 radical (unpaired) electrons. The molecular weight excluding hydrogens is 138 g/mol. The molecule has 0 aliphatic carbocycles. The molecule has 54 valence electrons. The summed E-state index contributed by atoms with van der Waals surface area (Å²) in [5.41, 5.74) is 0.540. The van der Waals surface area contributed by atoms with Crippen LogP contribution in [0.25, 0.3) is 0 Å². The first-order valence-corrected chi connectivity index (χ1v) is 2.73. The van der Waals surface area contributed by atoms with E-state index in [4.69, 9.17) is 0 Å². The monoisotopic (exact) mass is 144 g/mol. The Morgan fingerprint density at radius 3 is 2.50 bits per heavy atom. The zero-order valence-corrected chi connectivity index (χ0v) is 5.38. The van der Waals surface area contributed by atoms with Crippen molar-refractivity contribution in [3.8, 4) is 0 Å². The van der Waals surface area contributed by atoms with Crippen molar-refractivity contribution in [3.63, 3.8) is 0 Å². The number of aryl methyl sites for hydroxylation is 1. The highest BCUT2D eigenvalue weighted by Gasteiger charge is 2.01. The topological polar surface area (TPSA) is 16.1 Å². The van der Waals surface area contributed by atoms with Crippen molar-refractivity contribution < 1.29 is 8.96 Å². The predicted molar refractivity (Wildman–Crippen MR) is 33.7 cm³/mol. The van der Waals surface area contributed by atoms with Crippen molar-refractivity contribution in [1.82, 2.24) is 4.98 Å². The van der Waals surface area contributed by atoms with Crippen LogP contribution in [0, 0.1) is 6.92 Å². The van der Waals surface area contributed by atoms with E-state index in [0.29, 0.717) is 0 Å². The van der Waals surface area contributed by atoms with E-state index in [1.807, 2.05) is 0 Å². The van der Waals surface area contributed by atoms with Gasteiger partial charge in [0.2, 0.25) is 0 Å². The SMILES string of the molecule is Cc1cncc(N(F)F)c1. The van der Waals surface area contributed by atoms with Crippen LogP contribution in [0.1, 0.15) is 5.56 Å². The zero-order chi connectivity index (χ0) is 7.56. The maximum Gasteiger partial charge on any atom is 0.124 e. The number of anilines is 1. The number of rotatable bonds is 1. The average Bonchev–Trinajstić information content (AvgIpc) is 1.88. The average molecular weight is 144 g/mol. The fourth-order valence-corrected chi connectivity index (χ4v) is 0.631. The molecule has 1 heterocycles. The molecule has 0 saturated carbocycles. The normalized spacial score (nSPS) is 9.50. The van der Waals surface area contributed by atoms with Gasteiger partial charge in [-0.3, -0.25) is 4.98 Å². The summed E-state index contributed by atoms with van der Waals surface area (Å²) in [5, 5.41) is -0.958. The molecule has 0 atom stereocenters. The number of hydrogen-bond acceptors (Lipinski definition) is 2. The quantitative estimate of drug-likeness (QED) is 0.560. The van der Waals surface area contributed by atoms with Crippen LogP contribution in [0.4, 0.5) is 14.6 Å². The Morgan fingerprint density at radius 1 is 1.40 bits per heavy atom. The summed E-state index contributed by atoms with van der Waals surface area (Å²) in [6.45, 7) is 1.71. The van der Waals surface area contributed by atoms with Crippen LogP contribution in [0.15, 0.2) is 18.5 Å². The molecule has 0 aromatic carbocycles. The summed E-state index contributed by atoms with van der Waals surface area (Å²) in [6.07, 6.45) is 2.62. The van der Waals surface area contributed by atoms with Gasteiger partial charge >= 0.3 is 0 Å². The highest BCUT2D eigenvalue weighted by Crippen LogP contribution is 2.13. The first kappa shape index (κ1) is 6.92. The number of nitrogens with zero attached hydrogens (tertiary/aromatic N) is 2. The van der Waals surface area contributed by atoms with Gasteiger partial charge in [0.1, 0.15) is 5.69 Å². The molecule has 1 rings (SSSR count). The minimum atomic E-state index is -0.958. The van der Waals surface area contributed by atoms with E-state index >= 15 is 0 Å². The van der Waals surface area contributed by atoms with E-state index in [1.54, 1.807) is 6.92 Å². The molecule has 0 amide bonds. The van der Waals surface area contributed by atoms with Gasteiger partial charge in [0.05, 0.1) is 6.20 Å². The van der Waals surface area contributed by atoms with Crippen LogP contribution in [-0.4, -0.2) is 4.98 Å². The molecule has 0 spiro atoms. The Bertz CT molecular complexity index is 225. The first-order chi connectivity index (χ1) is 4.70. The molecule has 0 bridgehead atoms. The number of aromatic nitrogens is 1. The van der Waals surface area contributed by atoms with Gasteiger partial charge in [-0.2, -0.15) is 0 Å². The molecule has 0 unspecified atom stereocenters. The molecule has 0 fully saturated rings. The van der Waals surface area contributed by atoms with Crippen LogP contribution < -0.4 is 5.34 Å². The van der Waals surface area contributed by atoms with Crippen molar-refractivity contribution in [3.05, 3.63) is 24.0 Å². The van der Waals surface area contributed by atoms with Gasteiger partial charge < -0.3 is 0 Å². The van der Waals surface area contributed by atoms with E-state index in [2.05, 4.69) is 4.98 Å². The lowest BCUT2D eigenvalue weighted by atomic mass is 10.3.